The summed E-state index contributed by atoms with van der Waals surface area (Å²) in [6, 6.07) is 0. The number of imidazole rings is 2. The molecule has 0 spiro atoms. The van der Waals surface area contributed by atoms with Crippen LogP contribution in [0.5, 0.6) is 0 Å². The van der Waals surface area contributed by atoms with Crippen LogP contribution in [0.3, 0.4) is 0 Å². The molecule has 0 saturated carbocycles. The van der Waals surface area contributed by atoms with Crippen LogP contribution >= 0.6 is 0 Å². The Hall–Kier alpha value is -3.62. The quantitative estimate of drug-likeness (QED) is 0.0842. The summed E-state index contributed by atoms with van der Waals surface area (Å²) < 4.78 is 14.2. The molecule has 2 fully saturated rings. The molecule has 0 aromatic carbocycles. The zero-order valence-corrected chi connectivity index (χ0v) is 22.2. The molecule has 0 aliphatic carbocycles. The first-order chi connectivity index (χ1) is 20.4. The molecule has 4 aromatic heterocycles. The summed E-state index contributed by atoms with van der Waals surface area (Å²) in [5.41, 5.74) is 1.77. The van der Waals surface area contributed by atoms with Gasteiger partial charge in [0.1, 0.15) is 49.3 Å². The molecular formula is C24H32N10O8. The molecule has 0 amide bonds. The minimum atomic E-state index is -1.25. The second kappa shape index (κ2) is 11.9. The van der Waals surface area contributed by atoms with E-state index in [2.05, 4.69) is 40.5 Å². The first-order valence-electron chi connectivity index (χ1n) is 13.5. The van der Waals surface area contributed by atoms with Crippen molar-refractivity contribution in [1.29, 1.82) is 0 Å². The highest BCUT2D eigenvalue weighted by Gasteiger charge is 2.45. The number of fused-ring (bicyclic) bond motifs is 2. The fourth-order valence-electron chi connectivity index (χ4n) is 5.22. The van der Waals surface area contributed by atoms with Gasteiger partial charge in [0.2, 0.25) is 0 Å². The Bertz CT molecular complexity index is 1410. The lowest BCUT2D eigenvalue weighted by Crippen LogP contribution is -2.33. The van der Waals surface area contributed by atoms with E-state index in [9.17, 15) is 30.6 Å². The molecular weight excluding hydrogens is 556 g/mol. The van der Waals surface area contributed by atoms with Crippen molar-refractivity contribution in [3.63, 3.8) is 0 Å². The Morgan fingerprint density at radius 3 is 1.43 bits per heavy atom. The number of ether oxygens (including phenoxy) is 2. The lowest BCUT2D eigenvalue weighted by atomic mass is 10.1. The normalized spacial score (nSPS) is 29.6. The molecule has 8 atom stereocenters. The number of hydrogen-bond donors (Lipinski definition) is 8. The molecule has 0 bridgehead atoms. The zero-order valence-electron chi connectivity index (χ0n) is 22.2. The van der Waals surface area contributed by atoms with E-state index in [1.165, 1.54) is 34.4 Å². The Balaban J connectivity index is 1.03. The molecule has 18 heteroatoms. The fraction of sp³-hybridized carbons (Fsp3) is 0.583. The summed E-state index contributed by atoms with van der Waals surface area (Å²) in [6.07, 6.45) is -1.53. The van der Waals surface area contributed by atoms with Crippen LogP contribution in [-0.2, 0) is 9.47 Å². The Labute approximate surface area is 237 Å². The smallest absolute Gasteiger partial charge is 0.167 e. The summed E-state index contributed by atoms with van der Waals surface area (Å²) in [5.74, 6) is 1.01. The first kappa shape index (κ1) is 28.5. The third-order valence-corrected chi connectivity index (χ3v) is 7.49. The number of anilines is 2. The second-order valence-corrected chi connectivity index (χ2v) is 10.1. The fourth-order valence-corrected chi connectivity index (χ4v) is 5.22. The Morgan fingerprint density at radius 2 is 1.05 bits per heavy atom. The van der Waals surface area contributed by atoms with E-state index in [1.54, 1.807) is 0 Å². The monoisotopic (exact) mass is 588 g/mol. The molecule has 6 heterocycles. The number of nitrogens with zero attached hydrogens (tertiary/aromatic N) is 8. The highest BCUT2D eigenvalue weighted by Crippen LogP contribution is 2.33. The van der Waals surface area contributed by atoms with Gasteiger partial charge in [-0.3, -0.25) is 9.13 Å². The third kappa shape index (κ3) is 5.01. The lowest BCUT2D eigenvalue weighted by Gasteiger charge is -2.16. The van der Waals surface area contributed by atoms with Crippen LogP contribution in [0.2, 0.25) is 0 Å². The molecule has 2 aliphatic heterocycles. The van der Waals surface area contributed by atoms with E-state index in [0.29, 0.717) is 47.1 Å². The molecule has 6 rings (SSSR count). The predicted molar refractivity (Wildman–Crippen MR) is 143 cm³/mol. The van der Waals surface area contributed by atoms with E-state index in [4.69, 9.17) is 9.47 Å². The number of nitrogens with one attached hydrogen (secondary N) is 2. The van der Waals surface area contributed by atoms with Gasteiger partial charge in [0.25, 0.3) is 0 Å². The minimum absolute atomic E-state index is 0.410. The van der Waals surface area contributed by atoms with Gasteiger partial charge in [-0.1, -0.05) is 0 Å². The van der Waals surface area contributed by atoms with Gasteiger partial charge < -0.3 is 50.7 Å². The first-order valence-corrected chi connectivity index (χ1v) is 13.5. The highest BCUT2D eigenvalue weighted by molar-refractivity contribution is 5.83. The van der Waals surface area contributed by atoms with Gasteiger partial charge in [-0.05, 0) is 12.8 Å². The second-order valence-electron chi connectivity index (χ2n) is 10.1. The maximum Gasteiger partial charge on any atom is 0.167 e. The molecule has 8 N–H and O–H groups in total. The number of aliphatic hydroxyl groups is 6. The molecule has 18 nitrogen and oxygen atoms in total. The van der Waals surface area contributed by atoms with Crippen LogP contribution in [0.4, 0.5) is 11.6 Å². The van der Waals surface area contributed by atoms with Crippen LogP contribution in [0, 0.1) is 0 Å². The van der Waals surface area contributed by atoms with Gasteiger partial charge in [-0.15, -0.1) is 0 Å². The van der Waals surface area contributed by atoms with Gasteiger partial charge in [0.15, 0.2) is 46.4 Å². The number of hydrogen-bond acceptors (Lipinski definition) is 16. The summed E-state index contributed by atoms with van der Waals surface area (Å²) in [6.45, 7) is 0.292. The van der Waals surface area contributed by atoms with Crippen molar-refractivity contribution < 1.29 is 40.1 Å². The van der Waals surface area contributed by atoms with Crippen molar-refractivity contribution in [2.45, 2.75) is 61.9 Å². The average molecular weight is 589 g/mol. The Morgan fingerprint density at radius 1 is 0.619 bits per heavy atom. The van der Waals surface area contributed by atoms with Crippen LogP contribution < -0.4 is 10.6 Å². The van der Waals surface area contributed by atoms with Crippen LogP contribution in [-0.4, -0.2) is 133 Å². The maximum atomic E-state index is 10.4. The summed E-state index contributed by atoms with van der Waals surface area (Å²) in [7, 11) is 0. The SMILES string of the molecule is OC[C@@H]1O[C@@H](n2cnc3c(NCCCCNc4ncnc5c4ncn5[C@H]4O[C@@H](CO)[C@@H](O)[C@H]4O)ncnc32)[C@H](O)[C@@H]1O. The van der Waals surface area contributed by atoms with Crippen molar-refractivity contribution in [3.05, 3.63) is 25.3 Å². The van der Waals surface area contributed by atoms with Crippen molar-refractivity contribution in [1.82, 2.24) is 39.0 Å². The van der Waals surface area contributed by atoms with Gasteiger partial charge in [-0.2, -0.15) is 0 Å². The highest BCUT2D eigenvalue weighted by atomic mass is 16.6. The van der Waals surface area contributed by atoms with Gasteiger partial charge in [-0.25, -0.2) is 29.9 Å². The van der Waals surface area contributed by atoms with E-state index < -0.39 is 62.3 Å². The van der Waals surface area contributed by atoms with E-state index in [0.717, 1.165) is 12.8 Å². The van der Waals surface area contributed by atoms with Crippen molar-refractivity contribution in [3.8, 4) is 0 Å². The molecule has 4 aromatic rings. The number of aromatic nitrogens is 8. The number of rotatable bonds is 11. The molecule has 2 saturated heterocycles. The van der Waals surface area contributed by atoms with Crippen LogP contribution in [0.25, 0.3) is 22.3 Å². The standard InChI is InChI=1S/C24H32N10O8/c35-5-11-15(37)17(39)23(41-11)33-9-31-13-19(27-7-29-21(13)33)25-3-1-2-4-26-20-14-22(30-8-28-20)34(10-32-14)24-18(40)16(38)12(6-36)42-24/h7-12,15-18,23-24,35-40H,1-6H2,(H,25,27,29)(H,26,28,30)/t11-,12-,15+,16+,17+,18+,23-,24+/m0/s1. The molecule has 42 heavy (non-hydrogen) atoms. The molecule has 2 aliphatic rings. The largest absolute Gasteiger partial charge is 0.394 e. The topological polar surface area (TPSA) is 251 Å². The van der Waals surface area contributed by atoms with Crippen molar-refractivity contribution >= 4 is 34.0 Å². The van der Waals surface area contributed by atoms with Crippen molar-refractivity contribution in [2.75, 3.05) is 36.9 Å². The minimum Gasteiger partial charge on any atom is -0.394 e. The van der Waals surface area contributed by atoms with Crippen LogP contribution in [0.1, 0.15) is 25.3 Å². The van der Waals surface area contributed by atoms with E-state index in [-0.39, 0.29) is 0 Å². The molecule has 226 valence electrons. The van der Waals surface area contributed by atoms with E-state index >= 15 is 0 Å². The number of unbranched alkanes of at least 4 members (excludes halogenated alkanes) is 1. The van der Waals surface area contributed by atoms with Gasteiger partial charge >= 0.3 is 0 Å². The van der Waals surface area contributed by atoms with Crippen LogP contribution in [0.15, 0.2) is 25.3 Å². The lowest BCUT2D eigenvalue weighted by molar-refractivity contribution is -0.0511. The van der Waals surface area contributed by atoms with Gasteiger partial charge in [0.05, 0.1) is 25.9 Å². The van der Waals surface area contributed by atoms with Gasteiger partial charge in [0, 0.05) is 13.1 Å². The van der Waals surface area contributed by atoms with Crippen molar-refractivity contribution in [2.24, 2.45) is 0 Å². The predicted octanol–water partition coefficient (Wildman–Crippen LogP) is -2.51. The molecule has 0 radical (unpaired) electrons. The zero-order chi connectivity index (χ0) is 29.4. The Kier molecular flexibility index (Phi) is 8.10. The number of aliphatic hydroxyl groups excluding tert-OH is 6. The maximum absolute atomic E-state index is 10.4. The summed E-state index contributed by atoms with van der Waals surface area (Å²) >= 11 is 0. The third-order valence-electron chi connectivity index (χ3n) is 7.49. The molecule has 0 unspecified atom stereocenters. The summed E-state index contributed by atoms with van der Waals surface area (Å²) in [5, 5.41) is 66.1. The van der Waals surface area contributed by atoms with E-state index in [1.807, 2.05) is 0 Å². The summed E-state index contributed by atoms with van der Waals surface area (Å²) in [4.78, 5) is 25.8. The average Bonchev–Trinajstić information content (AvgIpc) is 3.76.